The summed E-state index contributed by atoms with van der Waals surface area (Å²) in [6.07, 6.45) is 0.521. The highest BCUT2D eigenvalue weighted by molar-refractivity contribution is 5.85. The second-order valence-electron chi connectivity index (χ2n) is 5.98. The Morgan fingerprint density at radius 3 is 2.45 bits per heavy atom. The number of halogens is 1. The molecule has 20 heavy (non-hydrogen) atoms. The van der Waals surface area contributed by atoms with Crippen LogP contribution in [0.15, 0.2) is 30.3 Å². The van der Waals surface area contributed by atoms with E-state index in [0.717, 1.165) is 12.0 Å². The number of carbonyl (C=O) groups excluding carboxylic acids is 1. The Kier molecular flexibility index (Phi) is 5.42. The van der Waals surface area contributed by atoms with Crippen LogP contribution in [0.1, 0.15) is 38.8 Å². The molecular weight excluding hydrogens is 276 g/mol. The van der Waals surface area contributed by atoms with E-state index < -0.39 is 5.60 Å². The molecule has 2 N–H and O–H groups in total. The maximum absolute atomic E-state index is 12.2. The van der Waals surface area contributed by atoms with Crippen LogP contribution in [-0.4, -0.2) is 29.2 Å². The van der Waals surface area contributed by atoms with Gasteiger partial charge in [-0.05, 0) is 32.8 Å². The number of likely N-dealkylation sites (tertiary alicyclic amines) is 1. The summed E-state index contributed by atoms with van der Waals surface area (Å²) in [6, 6.07) is 9.79. The normalized spacial score (nSPS) is 22.3. The highest BCUT2D eigenvalue weighted by Crippen LogP contribution is 2.32. The molecule has 1 fully saturated rings. The first-order chi connectivity index (χ1) is 8.88. The third-order valence-electron chi connectivity index (χ3n) is 3.21. The lowest BCUT2D eigenvalue weighted by Gasteiger charge is -2.30. The average molecular weight is 299 g/mol. The molecule has 0 unspecified atom stereocenters. The molecule has 1 saturated heterocycles. The Balaban J connectivity index is 0.00000200. The first-order valence-corrected chi connectivity index (χ1v) is 6.68. The first-order valence-electron chi connectivity index (χ1n) is 6.68. The SMILES string of the molecule is CC(C)(C)OC(=O)N1CC[C@H](N)[C@H]1c1ccccc1.Cl. The summed E-state index contributed by atoms with van der Waals surface area (Å²) in [5, 5.41) is 0. The van der Waals surface area contributed by atoms with E-state index in [0.29, 0.717) is 6.54 Å². The van der Waals surface area contributed by atoms with Crippen molar-refractivity contribution in [1.29, 1.82) is 0 Å². The van der Waals surface area contributed by atoms with Crippen LogP contribution in [0, 0.1) is 0 Å². The van der Waals surface area contributed by atoms with Gasteiger partial charge in [0, 0.05) is 12.6 Å². The van der Waals surface area contributed by atoms with Gasteiger partial charge in [-0.3, -0.25) is 4.90 Å². The average Bonchev–Trinajstić information content (AvgIpc) is 2.70. The van der Waals surface area contributed by atoms with E-state index in [1.807, 2.05) is 51.1 Å². The van der Waals surface area contributed by atoms with Crippen molar-refractivity contribution in [3.05, 3.63) is 35.9 Å². The van der Waals surface area contributed by atoms with Crippen LogP contribution in [0.3, 0.4) is 0 Å². The maximum atomic E-state index is 12.2. The fourth-order valence-corrected chi connectivity index (χ4v) is 2.42. The highest BCUT2D eigenvalue weighted by atomic mass is 35.5. The number of amides is 1. The molecule has 0 radical (unpaired) electrons. The van der Waals surface area contributed by atoms with E-state index in [9.17, 15) is 4.79 Å². The van der Waals surface area contributed by atoms with E-state index in [-0.39, 0.29) is 30.6 Å². The fraction of sp³-hybridized carbons (Fsp3) is 0.533. The zero-order valence-corrected chi connectivity index (χ0v) is 13.0. The first kappa shape index (κ1) is 16.8. The molecule has 5 heteroatoms. The minimum absolute atomic E-state index is 0. The summed E-state index contributed by atoms with van der Waals surface area (Å²) >= 11 is 0. The third kappa shape index (κ3) is 3.87. The smallest absolute Gasteiger partial charge is 0.410 e. The predicted molar refractivity (Wildman–Crippen MR) is 82.0 cm³/mol. The van der Waals surface area contributed by atoms with Crippen molar-refractivity contribution in [2.24, 2.45) is 5.73 Å². The number of hydrogen-bond acceptors (Lipinski definition) is 3. The number of nitrogens with zero attached hydrogens (tertiary/aromatic N) is 1. The molecule has 0 saturated carbocycles. The van der Waals surface area contributed by atoms with Crippen LogP contribution in [-0.2, 0) is 4.74 Å². The lowest BCUT2D eigenvalue weighted by atomic mass is 10.0. The quantitative estimate of drug-likeness (QED) is 0.866. The molecule has 1 aromatic carbocycles. The molecule has 1 heterocycles. The Labute approximate surface area is 126 Å². The van der Waals surface area contributed by atoms with Crippen molar-refractivity contribution in [3.8, 4) is 0 Å². The molecule has 0 bridgehead atoms. The number of hydrogen-bond donors (Lipinski definition) is 1. The minimum Gasteiger partial charge on any atom is -0.444 e. The Morgan fingerprint density at radius 2 is 1.90 bits per heavy atom. The molecule has 0 spiro atoms. The van der Waals surface area contributed by atoms with E-state index in [4.69, 9.17) is 10.5 Å². The van der Waals surface area contributed by atoms with Crippen LogP contribution < -0.4 is 5.73 Å². The van der Waals surface area contributed by atoms with E-state index >= 15 is 0 Å². The number of carbonyl (C=O) groups is 1. The summed E-state index contributed by atoms with van der Waals surface area (Å²) in [5.41, 5.74) is 6.74. The minimum atomic E-state index is -0.481. The molecule has 4 nitrogen and oxygen atoms in total. The molecule has 112 valence electrons. The summed E-state index contributed by atoms with van der Waals surface area (Å²) in [5.74, 6) is 0. The zero-order chi connectivity index (χ0) is 14.0. The van der Waals surface area contributed by atoms with Gasteiger partial charge in [0.05, 0.1) is 6.04 Å². The molecule has 2 rings (SSSR count). The topological polar surface area (TPSA) is 55.6 Å². The van der Waals surface area contributed by atoms with Crippen LogP contribution in [0.4, 0.5) is 4.79 Å². The van der Waals surface area contributed by atoms with Gasteiger partial charge in [-0.1, -0.05) is 30.3 Å². The van der Waals surface area contributed by atoms with Crippen molar-refractivity contribution >= 4 is 18.5 Å². The van der Waals surface area contributed by atoms with Gasteiger partial charge in [0.1, 0.15) is 5.60 Å². The molecule has 1 aliphatic rings. The number of rotatable bonds is 1. The standard InChI is InChI=1S/C15H22N2O2.ClH/c1-15(2,3)19-14(18)17-10-9-12(16)13(17)11-7-5-4-6-8-11;/h4-8,12-13H,9-10,16H2,1-3H3;1H/t12-,13+;/m0./s1. The summed E-state index contributed by atoms with van der Waals surface area (Å²) in [6.45, 7) is 6.27. The lowest BCUT2D eigenvalue weighted by molar-refractivity contribution is 0.0218. The Hall–Kier alpha value is -1.26. The zero-order valence-electron chi connectivity index (χ0n) is 12.2. The maximum Gasteiger partial charge on any atom is 0.410 e. The van der Waals surface area contributed by atoms with Gasteiger partial charge in [-0.15, -0.1) is 12.4 Å². The lowest BCUT2D eigenvalue weighted by Crippen LogP contribution is -2.39. The molecule has 1 aliphatic heterocycles. The van der Waals surface area contributed by atoms with E-state index in [1.165, 1.54) is 0 Å². The van der Waals surface area contributed by atoms with Crippen LogP contribution in [0.25, 0.3) is 0 Å². The van der Waals surface area contributed by atoms with Crippen LogP contribution in [0.2, 0.25) is 0 Å². The Morgan fingerprint density at radius 1 is 1.30 bits per heavy atom. The summed E-state index contributed by atoms with van der Waals surface area (Å²) in [4.78, 5) is 14.0. The van der Waals surface area contributed by atoms with Gasteiger partial charge in [0.25, 0.3) is 0 Å². The second kappa shape index (κ2) is 6.46. The third-order valence-corrected chi connectivity index (χ3v) is 3.21. The van der Waals surface area contributed by atoms with Gasteiger partial charge in [-0.2, -0.15) is 0 Å². The van der Waals surface area contributed by atoms with E-state index in [1.54, 1.807) is 4.90 Å². The molecule has 2 atom stereocenters. The summed E-state index contributed by atoms with van der Waals surface area (Å²) < 4.78 is 5.45. The molecule has 0 aromatic heterocycles. The Bertz CT molecular complexity index is 445. The van der Waals surface area contributed by atoms with Crippen LogP contribution >= 0.6 is 12.4 Å². The van der Waals surface area contributed by atoms with Crippen molar-refractivity contribution < 1.29 is 9.53 Å². The van der Waals surface area contributed by atoms with E-state index in [2.05, 4.69) is 0 Å². The highest BCUT2D eigenvalue weighted by Gasteiger charge is 2.38. The van der Waals surface area contributed by atoms with Gasteiger partial charge >= 0.3 is 6.09 Å². The predicted octanol–water partition coefficient (Wildman–Crippen LogP) is 3.12. The van der Waals surface area contributed by atoms with Gasteiger partial charge < -0.3 is 10.5 Å². The van der Waals surface area contributed by atoms with Crippen molar-refractivity contribution in [2.45, 2.75) is 44.9 Å². The van der Waals surface area contributed by atoms with Gasteiger partial charge in [-0.25, -0.2) is 4.79 Å². The number of nitrogens with two attached hydrogens (primary N) is 1. The monoisotopic (exact) mass is 298 g/mol. The van der Waals surface area contributed by atoms with Crippen LogP contribution in [0.5, 0.6) is 0 Å². The van der Waals surface area contributed by atoms with Crippen molar-refractivity contribution in [2.75, 3.05) is 6.54 Å². The number of ether oxygens (including phenoxy) is 1. The van der Waals surface area contributed by atoms with Gasteiger partial charge in [0.15, 0.2) is 0 Å². The molecule has 0 aliphatic carbocycles. The molecule has 1 aromatic rings. The second-order valence-corrected chi connectivity index (χ2v) is 5.98. The van der Waals surface area contributed by atoms with Gasteiger partial charge in [0.2, 0.25) is 0 Å². The fourth-order valence-electron chi connectivity index (χ4n) is 2.42. The molecular formula is C15H23ClN2O2. The van der Waals surface area contributed by atoms with Crippen molar-refractivity contribution in [1.82, 2.24) is 4.90 Å². The largest absolute Gasteiger partial charge is 0.444 e. The molecule has 1 amide bonds. The van der Waals surface area contributed by atoms with Crippen molar-refractivity contribution in [3.63, 3.8) is 0 Å². The summed E-state index contributed by atoms with van der Waals surface area (Å²) in [7, 11) is 0. The number of benzene rings is 1.